The maximum Gasteiger partial charge on any atom is 0.248 e. The second kappa shape index (κ2) is 10.2. The number of carbonyl (C=O) groups excluding carboxylic acids is 1. The maximum absolute atomic E-state index is 13.2. The summed E-state index contributed by atoms with van der Waals surface area (Å²) in [6, 6.07) is 13.6. The number of benzene rings is 2. The van der Waals surface area contributed by atoms with Crippen LogP contribution < -0.4 is 10.1 Å². The van der Waals surface area contributed by atoms with Gasteiger partial charge >= 0.3 is 0 Å². The quantitative estimate of drug-likeness (QED) is 0.662. The minimum Gasteiger partial charge on any atom is -0.492 e. The summed E-state index contributed by atoms with van der Waals surface area (Å²) in [4.78, 5) is 12.4. The molecule has 2 aromatic rings. The second-order valence-corrected chi connectivity index (χ2v) is 8.99. The zero-order valence-corrected chi connectivity index (χ0v) is 18.2. The Kier molecular flexibility index (Phi) is 7.45. The molecule has 0 radical (unpaired) electrons. The Morgan fingerprint density at radius 1 is 1.19 bits per heavy atom. The van der Waals surface area contributed by atoms with E-state index in [0.717, 1.165) is 19.3 Å². The van der Waals surface area contributed by atoms with E-state index in [4.69, 9.17) is 10.00 Å². The van der Waals surface area contributed by atoms with E-state index in [-0.39, 0.29) is 10.6 Å². The number of hydrogen-bond acceptors (Lipinski definition) is 5. The van der Waals surface area contributed by atoms with Gasteiger partial charge in [0, 0.05) is 24.9 Å². The molecule has 0 unspecified atom stereocenters. The van der Waals surface area contributed by atoms with Crippen LogP contribution in [-0.4, -0.2) is 38.3 Å². The van der Waals surface area contributed by atoms with Crippen LogP contribution in [0.5, 0.6) is 5.75 Å². The molecule has 0 atom stereocenters. The van der Waals surface area contributed by atoms with E-state index in [0.29, 0.717) is 36.5 Å². The Hall–Kier alpha value is -3.15. The summed E-state index contributed by atoms with van der Waals surface area (Å²) >= 11 is 0. The molecule has 0 saturated carbocycles. The van der Waals surface area contributed by atoms with Crippen molar-refractivity contribution in [2.75, 3.05) is 25.0 Å². The minimum absolute atomic E-state index is 0.0489. The van der Waals surface area contributed by atoms with Crippen LogP contribution >= 0.6 is 0 Å². The lowest BCUT2D eigenvalue weighted by molar-refractivity contribution is -0.111. The molecule has 31 heavy (non-hydrogen) atoms. The van der Waals surface area contributed by atoms with Gasteiger partial charge in [0.25, 0.3) is 0 Å². The number of amides is 1. The number of nitriles is 1. The number of anilines is 1. The van der Waals surface area contributed by atoms with Gasteiger partial charge in [-0.05, 0) is 55.7 Å². The van der Waals surface area contributed by atoms with Crippen LogP contribution in [0.25, 0.3) is 6.08 Å². The second-order valence-electron chi connectivity index (χ2n) is 7.08. The van der Waals surface area contributed by atoms with Gasteiger partial charge in [-0.15, -0.1) is 0 Å². The number of hydrogen-bond donors (Lipinski definition) is 1. The van der Waals surface area contributed by atoms with Crippen molar-refractivity contribution in [2.24, 2.45) is 0 Å². The number of rotatable bonds is 7. The normalized spacial score (nSPS) is 14.8. The number of piperidine rings is 1. The highest BCUT2D eigenvalue weighted by Gasteiger charge is 2.29. The van der Waals surface area contributed by atoms with Gasteiger partial charge in [0.2, 0.25) is 15.9 Å². The van der Waals surface area contributed by atoms with Crippen molar-refractivity contribution in [3.8, 4) is 11.8 Å². The Morgan fingerprint density at radius 3 is 2.65 bits per heavy atom. The van der Waals surface area contributed by atoms with Crippen molar-refractivity contribution < 1.29 is 17.9 Å². The molecule has 1 fully saturated rings. The van der Waals surface area contributed by atoms with Crippen molar-refractivity contribution in [1.82, 2.24) is 4.31 Å². The van der Waals surface area contributed by atoms with E-state index in [1.807, 2.05) is 0 Å². The lowest BCUT2D eigenvalue weighted by atomic mass is 10.1. The molecular weight excluding hydrogens is 414 g/mol. The van der Waals surface area contributed by atoms with Gasteiger partial charge in [-0.3, -0.25) is 4.79 Å². The Bertz CT molecular complexity index is 1110. The summed E-state index contributed by atoms with van der Waals surface area (Å²) < 4.78 is 33.4. The van der Waals surface area contributed by atoms with Crippen LogP contribution in [0.15, 0.2) is 53.4 Å². The van der Waals surface area contributed by atoms with Gasteiger partial charge in [-0.25, -0.2) is 8.42 Å². The smallest absolute Gasteiger partial charge is 0.248 e. The molecule has 8 heteroatoms. The molecule has 7 nitrogen and oxygen atoms in total. The molecule has 1 heterocycles. The summed E-state index contributed by atoms with van der Waals surface area (Å²) in [5, 5.41) is 11.8. The summed E-state index contributed by atoms with van der Waals surface area (Å²) in [7, 11) is -3.73. The zero-order chi connectivity index (χ0) is 22.3. The zero-order valence-electron chi connectivity index (χ0n) is 17.4. The molecular formula is C23H25N3O4S. The third-order valence-electron chi connectivity index (χ3n) is 4.94. The van der Waals surface area contributed by atoms with E-state index >= 15 is 0 Å². The highest BCUT2D eigenvalue weighted by atomic mass is 32.2. The van der Waals surface area contributed by atoms with Crippen LogP contribution in [-0.2, 0) is 14.8 Å². The average molecular weight is 440 g/mol. The number of nitrogens with zero attached hydrogens (tertiary/aromatic N) is 2. The van der Waals surface area contributed by atoms with Gasteiger partial charge in [0.05, 0.1) is 18.2 Å². The predicted molar refractivity (Wildman–Crippen MR) is 119 cm³/mol. The van der Waals surface area contributed by atoms with E-state index < -0.39 is 15.9 Å². The number of carbonyl (C=O) groups is 1. The molecule has 162 valence electrons. The van der Waals surface area contributed by atoms with Crippen molar-refractivity contribution in [2.45, 2.75) is 31.1 Å². The maximum atomic E-state index is 13.2. The first kappa shape index (κ1) is 22.5. The van der Waals surface area contributed by atoms with E-state index in [1.165, 1.54) is 16.4 Å². The fourth-order valence-corrected chi connectivity index (χ4v) is 5.07. The third kappa shape index (κ3) is 5.51. The lowest BCUT2D eigenvalue weighted by Gasteiger charge is -2.26. The molecule has 1 N–H and O–H groups in total. The number of sulfonamides is 1. The third-order valence-corrected chi connectivity index (χ3v) is 6.86. The van der Waals surface area contributed by atoms with Gasteiger partial charge in [-0.1, -0.05) is 24.6 Å². The summed E-state index contributed by atoms with van der Waals surface area (Å²) in [6.07, 6.45) is 5.53. The molecule has 1 aliphatic heterocycles. The number of nitrogens with one attached hydrogen (secondary N) is 1. The lowest BCUT2D eigenvalue weighted by Crippen LogP contribution is -2.35. The molecule has 2 aromatic carbocycles. The standard InChI is InChI=1S/C23H25N3O4S/c1-2-30-21-12-11-20(16-22(21)31(28,29)26-14-6-3-7-15-26)25-23(27)13-10-18-8-4-5-9-19(18)17-24/h4-5,8-13,16H,2-3,6-7,14-15H2,1H3,(H,25,27)/b13-10+. The summed E-state index contributed by atoms with van der Waals surface area (Å²) in [6.45, 7) is 3.07. The number of ether oxygens (including phenoxy) is 1. The van der Waals surface area contributed by atoms with Crippen molar-refractivity contribution >= 4 is 27.7 Å². The highest BCUT2D eigenvalue weighted by Crippen LogP contribution is 2.31. The fraction of sp³-hybridized carbons (Fsp3) is 0.304. The largest absolute Gasteiger partial charge is 0.492 e. The molecule has 1 saturated heterocycles. The van der Waals surface area contributed by atoms with E-state index in [2.05, 4.69) is 11.4 Å². The van der Waals surface area contributed by atoms with Crippen LogP contribution in [0.1, 0.15) is 37.3 Å². The van der Waals surface area contributed by atoms with E-state index in [1.54, 1.807) is 49.4 Å². The van der Waals surface area contributed by atoms with Gasteiger partial charge in [0.1, 0.15) is 10.6 Å². The fourth-order valence-electron chi connectivity index (χ4n) is 3.40. The van der Waals surface area contributed by atoms with Gasteiger partial charge < -0.3 is 10.1 Å². The molecule has 0 bridgehead atoms. The highest BCUT2D eigenvalue weighted by molar-refractivity contribution is 7.89. The predicted octanol–water partition coefficient (Wildman–Crippen LogP) is 3.78. The van der Waals surface area contributed by atoms with Crippen molar-refractivity contribution in [3.63, 3.8) is 0 Å². The SMILES string of the molecule is CCOc1ccc(NC(=O)/C=C/c2ccccc2C#N)cc1S(=O)(=O)N1CCCCC1. The van der Waals surface area contributed by atoms with Crippen LogP contribution in [0.3, 0.4) is 0 Å². The Morgan fingerprint density at radius 2 is 1.94 bits per heavy atom. The molecule has 1 aliphatic rings. The van der Waals surface area contributed by atoms with E-state index in [9.17, 15) is 13.2 Å². The Balaban J connectivity index is 1.83. The van der Waals surface area contributed by atoms with Gasteiger partial charge in [-0.2, -0.15) is 9.57 Å². The average Bonchev–Trinajstić information content (AvgIpc) is 2.79. The van der Waals surface area contributed by atoms with Crippen LogP contribution in [0, 0.1) is 11.3 Å². The van der Waals surface area contributed by atoms with Crippen LogP contribution in [0.4, 0.5) is 5.69 Å². The first-order valence-corrected chi connectivity index (χ1v) is 11.6. The molecule has 0 spiro atoms. The Labute approximate surface area is 183 Å². The molecule has 3 rings (SSSR count). The molecule has 1 amide bonds. The van der Waals surface area contributed by atoms with Crippen molar-refractivity contribution in [3.05, 3.63) is 59.7 Å². The first-order chi connectivity index (χ1) is 15.0. The van der Waals surface area contributed by atoms with Crippen molar-refractivity contribution in [1.29, 1.82) is 5.26 Å². The van der Waals surface area contributed by atoms with Gasteiger partial charge in [0.15, 0.2) is 0 Å². The monoisotopic (exact) mass is 439 g/mol. The molecule has 0 aromatic heterocycles. The summed E-state index contributed by atoms with van der Waals surface area (Å²) in [5.41, 5.74) is 1.44. The minimum atomic E-state index is -3.73. The topological polar surface area (TPSA) is 99.5 Å². The van der Waals surface area contributed by atoms with Crippen LogP contribution in [0.2, 0.25) is 0 Å². The first-order valence-electron chi connectivity index (χ1n) is 10.2. The summed E-state index contributed by atoms with van der Waals surface area (Å²) in [5.74, 6) is -0.164. The molecule has 0 aliphatic carbocycles.